The highest BCUT2D eigenvalue weighted by molar-refractivity contribution is 7.89. The number of carbonyl (C=O) groups is 1. The van der Waals surface area contributed by atoms with Crippen LogP contribution in [-0.4, -0.2) is 81.5 Å². The molecule has 2 amide bonds. The first-order valence-corrected chi connectivity index (χ1v) is 8.85. The van der Waals surface area contributed by atoms with E-state index in [-0.39, 0.29) is 18.6 Å². The molecule has 0 aromatic carbocycles. The molecule has 0 radical (unpaired) electrons. The summed E-state index contributed by atoms with van der Waals surface area (Å²) in [6, 6.07) is 0.00995. The number of carbonyl (C=O) groups excluding carboxylic acids is 1. The Balaban J connectivity index is 1.75. The highest BCUT2D eigenvalue weighted by Crippen LogP contribution is 2.14. The van der Waals surface area contributed by atoms with Crippen LogP contribution in [0.3, 0.4) is 0 Å². The van der Waals surface area contributed by atoms with Crippen molar-refractivity contribution < 1.29 is 17.9 Å². The molecule has 21 heavy (non-hydrogen) atoms. The molecule has 0 aromatic rings. The van der Waals surface area contributed by atoms with Crippen LogP contribution in [0.15, 0.2) is 0 Å². The number of rotatable bonds is 4. The Morgan fingerprint density at radius 1 is 1.38 bits per heavy atom. The summed E-state index contributed by atoms with van der Waals surface area (Å²) in [5.74, 6) is 0. The van der Waals surface area contributed by atoms with Gasteiger partial charge in [-0.15, -0.1) is 0 Å². The van der Waals surface area contributed by atoms with Gasteiger partial charge in [-0.1, -0.05) is 0 Å². The zero-order valence-corrected chi connectivity index (χ0v) is 13.1. The summed E-state index contributed by atoms with van der Waals surface area (Å²) in [6.07, 6.45) is 0.408. The average molecular weight is 320 g/mol. The molecule has 2 saturated heterocycles. The minimum atomic E-state index is -3.56. The molecular formula is C12H24N4O4S. The quantitative estimate of drug-likeness (QED) is 0.675. The van der Waals surface area contributed by atoms with Gasteiger partial charge in [0.1, 0.15) is 0 Å². The van der Waals surface area contributed by atoms with Gasteiger partial charge in [0.15, 0.2) is 0 Å². The van der Waals surface area contributed by atoms with Gasteiger partial charge in [-0.25, -0.2) is 18.4 Å². The van der Waals surface area contributed by atoms with Crippen molar-refractivity contribution in [2.75, 3.05) is 45.9 Å². The highest BCUT2D eigenvalue weighted by Gasteiger charge is 2.33. The lowest BCUT2D eigenvalue weighted by atomic mass is 10.2. The summed E-state index contributed by atoms with van der Waals surface area (Å²) >= 11 is 0. The summed E-state index contributed by atoms with van der Waals surface area (Å²) < 4.78 is 27.8. The predicted octanol–water partition coefficient (Wildman–Crippen LogP) is -1.22. The molecule has 0 bridgehead atoms. The van der Waals surface area contributed by atoms with E-state index < -0.39 is 15.3 Å². The Morgan fingerprint density at radius 3 is 2.62 bits per heavy atom. The lowest BCUT2D eigenvalue weighted by Gasteiger charge is -2.32. The number of sulfonamides is 1. The number of hydrogen-bond acceptors (Lipinski definition) is 5. The number of amides is 2. The van der Waals surface area contributed by atoms with E-state index in [0.29, 0.717) is 19.5 Å². The molecule has 2 fully saturated rings. The largest absolute Gasteiger partial charge is 0.379 e. The van der Waals surface area contributed by atoms with Crippen LogP contribution in [0.1, 0.15) is 13.3 Å². The summed E-state index contributed by atoms with van der Waals surface area (Å²) in [5.41, 5.74) is 0. The Kier molecular flexibility index (Phi) is 5.42. The van der Waals surface area contributed by atoms with Crippen molar-refractivity contribution in [2.45, 2.75) is 24.6 Å². The maximum Gasteiger partial charge on any atom is 0.317 e. The van der Waals surface area contributed by atoms with Crippen molar-refractivity contribution in [2.24, 2.45) is 5.14 Å². The van der Waals surface area contributed by atoms with Gasteiger partial charge in [0.25, 0.3) is 0 Å². The van der Waals surface area contributed by atoms with E-state index in [1.807, 2.05) is 0 Å². The van der Waals surface area contributed by atoms with Gasteiger partial charge >= 0.3 is 6.03 Å². The number of hydrogen-bond donors (Lipinski definition) is 2. The molecule has 2 rings (SSSR count). The lowest BCUT2D eigenvalue weighted by Crippen LogP contribution is -2.49. The highest BCUT2D eigenvalue weighted by atomic mass is 32.2. The minimum absolute atomic E-state index is 0.177. The van der Waals surface area contributed by atoms with Crippen molar-refractivity contribution in [1.82, 2.24) is 15.1 Å². The van der Waals surface area contributed by atoms with Gasteiger partial charge in [0.2, 0.25) is 10.0 Å². The Morgan fingerprint density at radius 2 is 2.05 bits per heavy atom. The van der Waals surface area contributed by atoms with Crippen LogP contribution in [0.4, 0.5) is 4.79 Å². The average Bonchev–Trinajstić information content (AvgIpc) is 2.95. The number of likely N-dealkylation sites (tertiary alicyclic amines) is 1. The molecule has 122 valence electrons. The number of nitrogens with two attached hydrogens (primary N) is 1. The molecule has 2 heterocycles. The van der Waals surface area contributed by atoms with Crippen LogP contribution in [-0.2, 0) is 14.8 Å². The van der Waals surface area contributed by atoms with Crippen LogP contribution in [0.2, 0.25) is 0 Å². The fourth-order valence-corrected chi connectivity index (χ4v) is 3.50. The fourth-order valence-electron chi connectivity index (χ4n) is 2.67. The number of morpholine rings is 1. The van der Waals surface area contributed by atoms with E-state index in [9.17, 15) is 13.2 Å². The number of ether oxygens (including phenoxy) is 1. The molecule has 0 aromatic heterocycles. The number of nitrogens with zero attached hydrogens (tertiary/aromatic N) is 2. The molecule has 0 aliphatic carbocycles. The van der Waals surface area contributed by atoms with Crippen molar-refractivity contribution in [3.63, 3.8) is 0 Å². The predicted molar refractivity (Wildman–Crippen MR) is 78.3 cm³/mol. The normalized spacial score (nSPS) is 25.8. The standard InChI is InChI=1S/C12H24N4O4S/c1-10(15-4-6-20-7-5-15)8-14-12(17)16-3-2-11(9-16)21(13,18)19/h10-11H,2-9H2,1H3,(H,14,17)(H2,13,18,19). The van der Waals surface area contributed by atoms with E-state index in [0.717, 1.165) is 26.3 Å². The molecule has 2 aliphatic heterocycles. The first-order valence-electron chi connectivity index (χ1n) is 7.24. The van der Waals surface area contributed by atoms with Crippen molar-refractivity contribution in [3.05, 3.63) is 0 Å². The van der Waals surface area contributed by atoms with Gasteiger partial charge in [0, 0.05) is 38.8 Å². The molecule has 3 N–H and O–H groups in total. The minimum Gasteiger partial charge on any atom is -0.379 e. The van der Waals surface area contributed by atoms with Crippen molar-refractivity contribution in [3.8, 4) is 0 Å². The van der Waals surface area contributed by atoms with Crippen LogP contribution < -0.4 is 10.5 Å². The van der Waals surface area contributed by atoms with E-state index in [1.165, 1.54) is 4.90 Å². The molecular weight excluding hydrogens is 296 g/mol. The second-order valence-corrected chi connectivity index (χ2v) is 7.47. The van der Waals surface area contributed by atoms with Gasteiger partial charge in [-0.05, 0) is 13.3 Å². The fraction of sp³-hybridized carbons (Fsp3) is 0.917. The number of primary sulfonamides is 1. The maximum atomic E-state index is 12.0. The van der Waals surface area contributed by atoms with E-state index >= 15 is 0 Å². The molecule has 2 aliphatic rings. The van der Waals surface area contributed by atoms with Gasteiger partial charge in [-0.2, -0.15) is 0 Å². The molecule has 2 atom stereocenters. The van der Waals surface area contributed by atoms with E-state index in [1.54, 1.807) is 0 Å². The van der Waals surface area contributed by atoms with Crippen molar-refractivity contribution in [1.29, 1.82) is 0 Å². The van der Waals surface area contributed by atoms with Crippen LogP contribution in [0.5, 0.6) is 0 Å². The van der Waals surface area contributed by atoms with Gasteiger partial charge < -0.3 is 15.0 Å². The Bertz CT molecular complexity index is 464. The molecule has 0 saturated carbocycles. The second kappa shape index (κ2) is 6.91. The van der Waals surface area contributed by atoms with Crippen LogP contribution in [0, 0.1) is 0 Å². The Hall–Kier alpha value is -0.900. The Labute approximate surface area is 125 Å². The third-order valence-corrected chi connectivity index (χ3v) is 5.43. The number of urea groups is 1. The second-order valence-electron chi connectivity index (χ2n) is 5.63. The SMILES string of the molecule is CC(CNC(=O)N1CCC(S(N)(=O)=O)C1)N1CCOCC1. The smallest absolute Gasteiger partial charge is 0.317 e. The van der Waals surface area contributed by atoms with E-state index in [4.69, 9.17) is 9.88 Å². The third-order valence-electron chi connectivity index (χ3n) is 4.11. The number of nitrogens with one attached hydrogen (secondary N) is 1. The molecule has 8 nitrogen and oxygen atoms in total. The first-order chi connectivity index (χ1) is 9.88. The van der Waals surface area contributed by atoms with Crippen molar-refractivity contribution >= 4 is 16.1 Å². The van der Waals surface area contributed by atoms with Crippen LogP contribution >= 0.6 is 0 Å². The summed E-state index contributed by atoms with van der Waals surface area (Å²) in [7, 11) is -3.56. The molecule has 2 unspecified atom stereocenters. The zero-order chi connectivity index (χ0) is 15.5. The molecule has 0 spiro atoms. The third kappa shape index (κ3) is 4.53. The van der Waals surface area contributed by atoms with Crippen LogP contribution in [0.25, 0.3) is 0 Å². The first kappa shape index (κ1) is 16.5. The maximum absolute atomic E-state index is 12.0. The van der Waals surface area contributed by atoms with Gasteiger partial charge in [-0.3, -0.25) is 4.90 Å². The molecule has 9 heteroatoms. The summed E-state index contributed by atoms with van der Waals surface area (Å²) in [6.45, 7) is 6.39. The monoisotopic (exact) mass is 320 g/mol. The summed E-state index contributed by atoms with van der Waals surface area (Å²) in [5, 5.41) is 7.34. The topological polar surface area (TPSA) is 105 Å². The lowest BCUT2D eigenvalue weighted by molar-refractivity contribution is 0.0207. The zero-order valence-electron chi connectivity index (χ0n) is 12.3. The van der Waals surface area contributed by atoms with Gasteiger partial charge in [0.05, 0.1) is 18.5 Å². The van der Waals surface area contributed by atoms with E-state index in [2.05, 4.69) is 17.1 Å². The summed E-state index contributed by atoms with van der Waals surface area (Å²) in [4.78, 5) is 15.8.